The highest BCUT2D eigenvalue weighted by Gasteiger charge is 2.22. The van der Waals surface area contributed by atoms with Crippen LogP contribution in [0.4, 0.5) is 0 Å². The summed E-state index contributed by atoms with van der Waals surface area (Å²) < 4.78 is 5.06. The number of H-pyrrole nitrogens is 1. The summed E-state index contributed by atoms with van der Waals surface area (Å²) in [5, 5.41) is 3.28. The third-order valence-electron chi connectivity index (χ3n) is 4.08. The number of amides is 1. The number of hydrogen-bond acceptors (Lipinski definition) is 4. The Balaban J connectivity index is 1.97. The lowest BCUT2D eigenvalue weighted by Gasteiger charge is -2.15. The highest BCUT2D eigenvalue weighted by atomic mass is 35.5. The zero-order valence-electron chi connectivity index (χ0n) is 15.1. The van der Waals surface area contributed by atoms with Crippen molar-refractivity contribution < 1.29 is 19.1 Å². The highest BCUT2D eigenvalue weighted by molar-refractivity contribution is 6.31. The van der Waals surface area contributed by atoms with Gasteiger partial charge in [-0.2, -0.15) is 0 Å². The fraction of sp³-hybridized carbons (Fsp3) is 0.316. The van der Waals surface area contributed by atoms with Crippen molar-refractivity contribution in [1.29, 1.82) is 0 Å². The molecule has 2 aromatic rings. The largest absolute Gasteiger partial charge is 0.451 e. The van der Waals surface area contributed by atoms with Crippen molar-refractivity contribution in [1.82, 2.24) is 10.3 Å². The van der Waals surface area contributed by atoms with Gasteiger partial charge in [0.15, 0.2) is 12.4 Å². The molecule has 0 saturated carbocycles. The molecular weight excluding hydrogens is 356 g/mol. The number of ketones is 1. The third-order valence-corrected chi connectivity index (χ3v) is 4.42. The number of carbonyl (C=O) groups excluding carboxylic acids is 3. The monoisotopic (exact) mass is 376 g/mol. The molecule has 7 heteroatoms. The van der Waals surface area contributed by atoms with Crippen LogP contribution in [0, 0.1) is 13.8 Å². The van der Waals surface area contributed by atoms with Gasteiger partial charge in [0, 0.05) is 16.3 Å². The molecule has 0 saturated heterocycles. The Bertz CT molecular complexity index is 857. The average Bonchev–Trinajstić information content (AvgIpc) is 2.87. The lowest BCUT2D eigenvalue weighted by Crippen LogP contribution is -2.31. The molecule has 1 aromatic carbocycles. The molecule has 26 heavy (non-hydrogen) atoms. The second-order valence-corrected chi connectivity index (χ2v) is 6.48. The number of aromatic nitrogens is 1. The van der Waals surface area contributed by atoms with Crippen LogP contribution in [-0.2, 0) is 9.53 Å². The van der Waals surface area contributed by atoms with E-state index in [1.807, 2.05) is 12.1 Å². The third kappa shape index (κ3) is 4.32. The number of rotatable bonds is 6. The maximum atomic E-state index is 12.2. The van der Waals surface area contributed by atoms with Crippen LogP contribution in [0.3, 0.4) is 0 Å². The van der Waals surface area contributed by atoms with Crippen LogP contribution in [-0.4, -0.2) is 29.3 Å². The van der Waals surface area contributed by atoms with E-state index < -0.39 is 18.5 Å². The Morgan fingerprint density at radius 3 is 2.46 bits per heavy atom. The minimum atomic E-state index is -0.682. The van der Waals surface area contributed by atoms with Crippen LogP contribution in [0.2, 0.25) is 5.02 Å². The first-order valence-corrected chi connectivity index (χ1v) is 8.51. The summed E-state index contributed by atoms with van der Waals surface area (Å²) in [5.41, 5.74) is 2.53. The number of Topliss-reactive ketones (excluding diaryl/α,β-unsaturated/α-hetero) is 1. The number of aromatic amines is 1. The number of ether oxygens (including phenoxy) is 1. The van der Waals surface area contributed by atoms with Crippen molar-refractivity contribution in [3.8, 4) is 0 Å². The zero-order chi connectivity index (χ0) is 19.4. The maximum Gasteiger partial charge on any atom is 0.355 e. The minimum Gasteiger partial charge on any atom is -0.451 e. The number of hydrogen-bond donors (Lipinski definition) is 2. The van der Waals surface area contributed by atoms with Gasteiger partial charge in [0.25, 0.3) is 5.91 Å². The number of nitrogens with one attached hydrogen (secondary N) is 2. The van der Waals surface area contributed by atoms with Gasteiger partial charge in [0.1, 0.15) is 5.69 Å². The summed E-state index contributed by atoms with van der Waals surface area (Å²) >= 11 is 6.10. The quantitative estimate of drug-likeness (QED) is 0.596. The second-order valence-electron chi connectivity index (χ2n) is 6.07. The van der Waals surface area contributed by atoms with E-state index in [1.54, 1.807) is 32.9 Å². The van der Waals surface area contributed by atoms with Gasteiger partial charge >= 0.3 is 5.97 Å². The molecular formula is C19H21ClN2O4. The first-order valence-electron chi connectivity index (χ1n) is 8.13. The molecule has 0 aliphatic carbocycles. The molecule has 0 radical (unpaired) electrons. The van der Waals surface area contributed by atoms with Crippen LogP contribution in [0.25, 0.3) is 0 Å². The van der Waals surface area contributed by atoms with Crippen LogP contribution in [0.5, 0.6) is 0 Å². The van der Waals surface area contributed by atoms with Crippen molar-refractivity contribution in [2.24, 2.45) is 0 Å². The first kappa shape index (κ1) is 19.7. The summed E-state index contributed by atoms with van der Waals surface area (Å²) in [6, 6.07) is 6.86. The molecule has 2 rings (SSSR count). The van der Waals surface area contributed by atoms with Gasteiger partial charge in [-0.25, -0.2) is 4.79 Å². The van der Waals surface area contributed by atoms with Crippen molar-refractivity contribution >= 4 is 29.3 Å². The summed E-state index contributed by atoms with van der Waals surface area (Å²) in [6.45, 7) is 6.16. The van der Waals surface area contributed by atoms with Crippen molar-refractivity contribution in [2.75, 3.05) is 6.61 Å². The summed E-state index contributed by atoms with van der Waals surface area (Å²) in [6.07, 6.45) is 0. The van der Waals surface area contributed by atoms with Gasteiger partial charge in [-0.15, -0.1) is 0 Å². The number of halogens is 1. The fourth-order valence-corrected chi connectivity index (χ4v) is 3.17. The lowest BCUT2D eigenvalue weighted by atomic mass is 10.1. The normalized spacial score (nSPS) is 11.7. The number of esters is 1. The molecule has 0 bridgehead atoms. The van der Waals surface area contributed by atoms with Crippen LogP contribution in [0.15, 0.2) is 24.3 Å². The van der Waals surface area contributed by atoms with Crippen LogP contribution >= 0.6 is 11.6 Å². The predicted octanol–water partition coefficient (Wildman–Crippen LogP) is 3.52. The lowest BCUT2D eigenvalue weighted by molar-refractivity contribution is -0.124. The fourth-order valence-electron chi connectivity index (χ4n) is 2.87. The predicted molar refractivity (Wildman–Crippen MR) is 98.6 cm³/mol. The molecule has 1 atom stereocenters. The van der Waals surface area contributed by atoms with Crippen LogP contribution in [0.1, 0.15) is 57.6 Å². The average molecular weight is 377 g/mol. The molecule has 0 spiro atoms. The van der Waals surface area contributed by atoms with E-state index in [9.17, 15) is 14.4 Å². The standard InChI is InChI=1S/C19H21ClN2O4/c1-10-17(13(4)23)12(3)22-18(10)19(25)26-9-16(24)21-11(2)14-7-5-6-8-15(14)20/h5-8,11,22H,9H2,1-4H3,(H,21,24)/t11-/m1/s1. The van der Waals surface area contributed by atoms with Crippen molar-refractivity contribution in [3.63, 3.8) is 0 Å². The molecule has 138 valence electrons. The molecule has 0 fully saturated rings. The first-order chi connectivity index (χ1) is 12.2. The summed E-state index contributed by atoms with van der Waals surface area (Å²) in [7, 11) is 0. The smallest absolute Gasteiger partial charge is 0.355 e. The Labute approximate surface area is 156 Å². The molecule has 1 heterocycles. The molecule has 0 aliphatic rings. The van der Waals surface area contributed by atoms with Gasteiger partial charge in [-0.1, -0.05) is 29.8 Å². The summed E-state index contributed by atoms with van der Waals surface area (Å²) in [5.74, 6) is -1.27. The zero-order valence-corrected chi connectivity index (χ0v) is 15.9. The van der Waals surface area contributed by atoms with E-state index in [0.717, 1.165) is 5.56 Å². The van der Waals surface area contributed by atoms with Gasteiger partial charge in [-0.05, 0) is 44.9 Å². The number of carbonyl (C=O) groups is 3. The van der Waals surface area contributed by atoms with E-state index in [1.165, 1.54) is 6.92 Å². The Morgan fingerprint density at radius 1 is 1.23 bits per heavy atom. The maximum absolute atomic E-state index is 12.2. The molecule has 1 amide bonds. The molecule has 2 N–H and O–H groups in total. The van der Waals surface area contributed by atoms with Crippen molar-refractivity contribution in [3.05, 3.63) is 57.4 Å². The molecule has 0 unspecified atom stereocenters. The van der Waals surface area contributed by atoms with E-state index >= 15 is 0 Å². The molecule has 6 nitrogen and oxygen atoms in total. The SMILES string of the molecule is CC(=O)c1c(C)[nH]c(C(=O)OCC(=O)N[C@H](C)c2ccccc2Cl)c1C. The van der Waals surface area contributed by atoms with Crippen molar-refractivity contribution in [2.45, 2.75) is 33.7 Å². The van der Waals surface area contributed by atoms with Gasteiger partial charge in [0.2, 0.25) is 0 Å². The van der Waals surface area contributed by atoms with Gasteiger partial charge in [-0.3, -0.25) is 9.59 Å². The Kier molecular flexibility index (Phi) is 6.21. The molecule has 1 aromatic heterocycles. The second kappa shape index (κ2) is 8.19. The van der Waals surface area contributed by atoms with E-state index in [4.69, 9.17) is 16.3 Å². The van der Waals surface area contributed by atoms with E-state index in [-0.39, 0.29) is 17.5 Å². The Hall–Kier alpha value is -2.60. The topological polar surface area (TPSA) is 88.3 Å². The highest BCUT2D eigenvalue weighted by Crippen LogP contribution is 2.22. The number of aryl methyl sites for hydroxylation is 1. The Morgan fingerprint density at radius 2 is 1.88 bits per heavy atom. The summed E-state index contributed by atoms with van der Waals surface area (Å²) in [4.78, 5) is 38.7. The minimum absolute atomic E-state index is 0.137. The van der Waals surface area contributed by atoms with E-state index in [0.29, 0.717) is 21.8 Å². The van der Waals surface area contributed by atoms with E-state index in [2.05, 4.69) is 10.3 Å². The van der Waals surface area contributed by atoms with Crippen LogP contribution < -0.4 is 5.32 Å². The molecule has 0 aliphatic heterocycles. The van der Waals surface area contributed by atoms with Gasteiger partial charge < -0.3 is 15.0 Å². The van der Waals surface area contributed by atoms with Gasteiger partial charge in [0.05, 0.1) is 6.04 Å². The number of benzene rings is 1.